The van der Waals surface area contributed by atoms with E-state index < -0.39 is 26.0 Å². The van der Waals surface area contributed by atoms with Crippen LogP contribution in [-0.4, -0.2) is 24.0 Å². The Morgan fingerprint density at radius 2 is 2.12 bits per heavy atom. The minimum atomic E-state index is -3.68. The van der Waals surface area contributed by atoms with E-state index in [1.165, 1.54) is 18.2 Å². The Balaban J connectivity index is 3.24. The van der Waals surface area contributed by atoms with Crippen molar-refractivity contribution in [3.05, 3.63) is 35.6 Å². The second kappa shape index (κ2) is 4.92. The zero-order valence-corrected chi connectivity index (χ0v) is 11.1. The molecule has 0 aromatic heterocycles. The van der Waals surface area contributed by atoms with Gasteiger partial charge < -0.3 is 5.11 Å². The zero-order chi connectivity index (χ0) is 13.3. The van der Waals surface area contributed by atoms with Crippen LogP contribution in [0.25, 0.3) is 0 Å². The molecule has 1 rings (SSSR count). The molecule has 0 amide bonds. The number of alkyl halides is 1. The van der Waals surface area contributed by atoms with Crippen molar-refractivity contribution in [2.75, 3.05) is 6.26 Å². The second-order valence-corrected chi connectivity index (χ2v) is 7.04. The molecule has 0 saturated heterocycles. The predicted molar refractivity (Wildman–Crippen MR) is 65.1 cm³/mol. The van der Waals surface area contributed by atoms with Crippen molar-refractivity contribution >= 4 is 21.4 Å². The summed E-state index contributed by atoms with van der Waals surface area (Å²) in [6, 6.07) is 5.11. The lowest BCUT2D eigenvalue weighted by Crippen LogP contribution is -2.37. The van der Waals surface area contributed by atoms with E-state index in [4.69, 9.17) is 11.6 Å². The van der Waals surface area contributed by atoms with E-state index in [1.54, 1.807) is 6.92 Å². The van der Waals surface area contributed by atoms with E-state index in [9.17, 15) is 17.9 Å². The summed E-state index contributed by atoms with van der Waals surface area (Å²) in [5, 5.41) is 10.0. The summed E-state index contributed by atoms with van der Waals surface area (Å²) in [5.74, 6) is -0.551. The van der Waals surface area contributed by atoms with Crippen molar-refractivity contribution < 1.29 is 17.9 Å². The Kier molecular flexibility index (Phi) is 4.17. The van der Waals surface area contributed by atoms with Crippen molar-refractivity contribution in [2.45, 2.75) is 23.7 Å². The molecular weight excluding hydrogens is 267 g/mol. The van der Waals surface area contributed by atoms with Crippen molar-refractivity contribution in [2.24, 2.45) is 0 Å². The van der Waals surface area contributed by atoms with Crippen LogP contribution < -0.4 is 0 Å². The molecule has 0 fully saturated rings. The Bertz CT molecular complexity index is 503. The van der Waals surface area contributed by atoms with Gasteiger partial charge in [0, 0.05) is 6.26 Å². The van der Waals surface area contributed by atoms with Gasteiger partial charge >= 0.3 is 0 Å². The summed E-state index contributed by atoms with van der Waals surface area (Å²) in [5.41, 5.74) is 0.146. The largest absolute Gasteiger partial charge is 0.385 e. The lowest BCUT2D eigenvalue weighted by atomic mass is 10.0. The van der Waals surface area contributed by atoms with E-state index >= 15 is 0 Å². The van der Waals surface area contributed by atoms with E-state index in [0.29, 0.717) is 0 Å². The van der Waals surface area contributed by atoms with E-state index in [0.717, 1.165) is 12.3 Å². The van der Waals surface area contributed by atoms with Gasteiger partial charge in [0.2, 0.25) is 0 Å². The van der Waals surface area contributed by atoms with Crippen LogP contribution in [0.4, 0.5) is 4.39 Å². The summed E-state index contributed by atoms with van der Waals surface area (Å²) in [6.45, 7) is 1.55. The Morgan fingerprint density at radius 3 is 2.53 bits per heavy atom. The fourth-order valence-corrected chi connectivity index (χ4v) is 2.78. The Hall–Kier alpha value is -0.650. The molecular formula is C11H14ClFO3S. The molecule has 1 aromatic carbocycles. The number of halogens is 2. The van der Waals surface area contributed by atoms with E-state index in [2.05, 4.69) is 0 Å². The molecule has 1 N–H and O–H groups in total. The van der Waals surface area contributed by atoms with Gasteiger partial charge in [0.25, 0.3) is 0 Å². The van der Waals surface area contributed by atoms with Gasteiger partial charge in [-0.05, 0) is 24.1 Å². The minimum Gasteiger partial charge on any atom is -0.385 e. The fourth-order valence-electron chi connectivity index (χ4n) is 1.58. The normalized spacial score (nSPS) is 17.5. The monoisotopic (exact) mass is 280 g/mol. The number of aliphatic hydroxyl groups excluding tert-OH is 1. The van der Waals surface area contributed by atoms with Gasteiger partial charge in [-0.2, -0.15) is 0 Å². The van der Waals surface area contributed by atoms with Gasteiger partial charge in [-0.15, -0.1) is 0 Å². The Morgan fingerprint density at radius 1 is 1.53 bits per heavy atom. The van der Waals surface area contributed by atoms with Crippen LogP contribution in [0.3, 0.4) is 0 Å². The molecule has 0 spiro atoms. The minimum absolute atomic E-state index is 0.0189. The van der Waals surface area contributed by atoms with Gasteiger partial charge in [0.1, 0.15) is 11.9 Å². The first-order valence-electron chi connectivity index (χ1n) is 5.04. The SMILES string of the molecule is CC[C@@](Cl)([C@@H](O)c1cccc(F)c1)S(C)(=O)=O. The topological polar surface area (TPSA) is 54.4 Å². The summed E-state index contributed by atoms with van der Waals surface area (Å²) < 4.78 is 34.4. The number of rotatable bonds is 4. The van der Waals surface area contributed by atoms with E-state index in [1.807, 2.05) is 0 Å². The number of hydrogen-bond acceptors (Lipinski definition) is 3. The standard InChI is InChI=1S/C11H14ClFO3S/c1-3-11(12,17(2,15)16)10(14)8-5-4-6-9(13)7-8/h4-7,10,14H,3H2,1-2H3/t10-,11-/m0/s1. The first kappa shape index (κ1) is 14.4. The van der Waals surface area contributed by atoms with Crippen molar-refractivity contribution in [3.8, 4) is 0 Å². The quantitative estimate of drug-likeness (QED) is 0.861. The summed E-state index contributed by atoms with van der Waals surface area (Å²) in [7, 11) is -3.68. The van der Waals surface area contributed by atoms with E-state index in [-0.39, 0.29) is 12.0 Å². The van der Waals surface area contributed by atoms with Gasteiger partial charge in [-0.25, -0.2) is 12.8 Å². The molecule has 2 atom stereocenters. The highest BCUT2D eigenvalue weighted by molar-refractivity contribution is 7.93. The highest BCUT2D eigenvalue weighted by Gasteiger charge is 2.44. The summed E-state index contributed by atoms with van der Waals surface area (Å²) in [4.78, 5) is 0. The van der Waals surface area contributed by atoms with Crippen molar-refractivity contribution in [1.82, 2.24) is 0 Å². The molecule has 0 heterocycles. The molecule has 0 radical (unpaired) electrons. The Labute approximate surface area is 105 Å². The van der Waals surface area contributed by atoms with Gasteiger partial charge in [-0.1, -0.05) is 30.7 Å². The van der Waals surface area contributed by atoms with Gasteiger partial charge in [-0.3, -0.25) is 0 Å². The molecule has 0 bridgehead atoms. The van der Waals surface area contributed by atoms with Gasteiger partial charge in [0.05, 0.1) is 0 Å². The highest BCUT2D eigenvalue weighted by Crippen LogP contribution is 2.39. The first-order valence-corrected chi connectivity index (χ1v) is 7.31. The summed E-state index contributed by atoms with van der Waals surface area (Å²) >= 11 is 5.98. The van der Waals surface area contributed by atoms with Crippen molar-refractivity contribution in [1.29, 1.82) is 0 Å². The molecule has 1 aromatic rings. The van der Waals surface area contributed by atoms with Crippen LogP contribution in [-0.2, 0) is 9.84 Å². The molecule has 0 saturated carbocycles. The molecule has 0 aliphatic carbocycles. The fraction of sp³-hybridized carbons (Fsp3) is 0.455. The second-order valence-electron chi connectivity index (χ2n) is 3.87. The van der Waals surface area contributed by atoms with Crippen LogP contribution in [0.1, 0.15) is 25.0 Å². The first-order chi connectivity index (χ1) is 7.72. The van der Waals surface area contributed by atoms with Crippen LogP contribution in [0.5, 0.6) is 0 Å². The maximum Gasteiger partial charge on any atom is 0.174 e. The lowest BCUT2D eigenvalue weighted by Gasteiger charge is -2.29. The number of benzene rings is 1. The number of aliphatic hydroxyl groups is 1. The van der Waals surface area contributed by atoms with Crippen LogP contribution >= 0.6 is 11.6 Å². The zero-order valence-electron chi connectivity index (χ0n) is 9.52. The molecule has 6 heteroatoms. The van der Waals surface area contributed by atoms with Crippen LogP contribution in [0, 0.1) is 5.82 Å². The average Bonchev–Trinajstić information content (AvgIpc) is 2.25. The molecule has 0 aliphatic heterocycles. The maximum absolute atomic E-state index is 13.0. The third-order valence-corrected chi connectivity index (χ3v) is 5.73. The lowest BCUT2D eigenvalue weighted by molar-refractivity contribution is 0.154. The number of sulfone groups is 1. The highest BCUT2D eigenvalue weighted by atomic mass is 35.5. The van der Waals surface area contributed by atoms with Crippen molar-refractivity contribution in [3.63, 3.8) is 0 Å². The maximum atomic E-state index is 13.0. The molecule has 0 aliphatic rings. The van der Waals surface area contributed by atoms with Crippen LogP contribution in [0.15, 0.2) is 24.3 Å². The summed E-state index contributed by atoms with van der Waals surface area (Å²) in [6.07, 6.45) is -0.503. The third-order valence-electron chi connectivity index (χ3n) is 2.67. The molecule has 0 unspecified atom stereocenters. The predicted octanol–water partition coefficient (Wildman–Crippen LogP) is 2.25. The molecule has 3 nitrogen and oxygen atoms in total. The number of hydrogen-bond donors (Lipinski definition) is 1. The molecule has 96 valence electrons. The van der Waals surface area contributed by atoms with Crippen LogP contribution in [0.2, 0.25) is 0 Å². The van der Waals surface area contributed by atoms with Gasteiger partial charge in [0.15, 0.2) is 14.0 Å². The average molecular weight is 281 g/mol. The third kappa shape index (κ3) is 2.78. The molecule has 17 heavy (non-hydrogen) atoms. The smallest absolute Gasteiger partial charge is 0.174 e.